The Bertz CT molecular complexity index is 654. The standard InChI is InChI=1S/C17H21NO7S/c1-9-14(23-10(2)19)15(24-11(3)20)16(25-12(4)21)17(22-9)26-13-7-5-6-8-18-13/h5-9,14-17H,1-4H3/t9-,14+,15-,16-,17+/m0/s1. The van der Waals surface area contributed by atoms with Gasteiger partial charge in [0.1, 0.15) is 5.44 Å². The third kappa shape index (κ3) is 5.43. The van der Waals surface area contributed by atoms with Crippen LogP contribution in [0.3, 0.4) is 0 Å². The summed E-state index contributed by atoms with van der Waals surface area (Å²) in [6.07, 6.45) is -1.83. The van der Waals surface area contributed by atoms with Crippen molar-refractivity contribution in [3.8, 4) is 0 Å². The summed E-state index contributed by atoms with van der Waals surface area (Å²) < 4.78 is 21.9. The Balaban J connectivity index is 2.33. The predicted octanol–water partition coefficient (Wildman–Crippen LogP) is 1.71. The van der Waals surface area contributed by atoms with Gasteiger partial charge < -0.3 is 18.9 Å². The molecule has 1 aromatic rings. The molecule has 0 spiro atoms. The van der Waals surface area contributed by atoms with E-state index in [4.69, 9.17) is 18.9 Å². The second-order valence-electron chi connectivity index (χ2n) is 5.72. The maximum absolute atomic E-state index is 11.6. The van der Waals surface area contributed by atoms with Crippen LogP contribution in [-0.2, 0) is 33.3 Å². The zero-order valence-corrected chi connectivity index (χ0v) is 15.7. The van der Waals surface area contributed by atoms with E-state index in [1.807, 2.05) is 6.07 Å². The molecule has 142 valence electrons. The van der Waals surface area contributed by atoms with E-state index in [2.05, 4.69) is 4.98 Å². The molecule has 1 aliphatic rings. The number of aromatic nitrogens is 1. The highest BCUT2D eigenvalue weighted by Gasteiger charge is 2.50. The number of esters is 3. The molecule has 0 aliphatic carbocycles. The number of thioether (sulfide) groups is 1. The van der Waals surface area contributed by atoms with Gasteiger partial charge in [-0.3, -0.25) is 14.4 Å². The minimum absolute atomic E-state index is 0.556. The number of hydrogen-bond acceptors (Lipinski definition) is 9. The van der Waals surface area contributed by atoms with Crippen LogP contribution in [0.4, 0.5) is 0 Å². The summed E-state index contributed by atoms with van der Waals surface area (Å²) in [6.45, 7) is 5.41. The Morgan fingerprint density at radius 1 is 0.962 bits per heavy atom. The van der Waals surface area contributed by atoms with E-state index in [0.717, 1.165) is 0 Å². The number of carbonyl (C=O) groups is 3. The molecular formula is C17H21NO7S. The summed E-state index contributed by atoms with van der Waals surface area (Å²) in [6, 6.07) is 5.37. The number of carbonyl (C=O) groups excluding carboxylic acids is 3. The minimum atomic E-state index is -0.995. The fraction of sp³-hybridized carbons (Fsp3) is 0.529. The number of rotatable bonds is 5. The Morgan fingerprint density at radius 3 is 2.08 bits per heavy atom. The Morgan fingerprint density at radius 2 is 1.54 bits per heavy atom. The fourth-order valence-corrected chi connectivity index (χ4v) is 3.69. The molecular weight excluding hydrogens is 362 g/mol. The first kappa shape index (κ1) is 20.2. The first-order valence-electron chi connectivity index (χ1n) is 8.02. The zero-order chi connectivity index (χ0) is 19.3. The van der Waals surface area contributed by atoms with Crippen LogP contribution in [0.5, 0.6) is 0 Å². The molecule has 1 aromatic heterocycles. The summed E-state index contributed by atoms with van der Waals surface area (Å²) in [5, 5.41) is 0.648. The molecule has 0 aromatic carbocycles. The lowest BCUT2D eigenvalue weighted by atomic mass is 10.00. The molecule has 0 unspecified atom stereocenters. The highest BCUT2D eigenvalue weighted by molar-refractivity contribution is 7.99. The normalized spacial score (nSPS) is 28.1. The van der Waals surface area contributed by atoms with Crippen molar-refractivity contribution < 1.29 is 33.3 Å². The van der Waals surface area contributed by atoms with Crippen LogP contribution in [-0.4, -0.2) is 52.7 Å². The quantitative estimate of drug-likeness (QED) is 0.555. The summed E-state index contributed by atoms with van der Waals surface area (Å²) in [7, 11) is 0. The number of nitrogens with zero attached hydrogens (tertiary/aromatic N) is 1. The van der Waals surface area contributed by atoms with Gasteiger partial charge in [-0.25, -0.2) is 4.98 Å². The van der Waals surface area contributed by atoms with E-state index in [1.54, 1.807) is 25.3 Å². The van der Waals surface area contributed by atoms with Crippen LogP contribution >= 0.6 is 11.8 Å². The molecule has 2 rings (SSSR count). The highest BCUT2D eigenvalue weighted by atomic mass is 32.2. The predicted molar refractivity (Wildman–Crippen MR) is 91.1 cm³/mol. The molecule has 9 heteroatoms. The minimum Gasteiger partial charge on any atom is -0.456 e. The summed E-state index contributed by atoms with van der Waals surface area (Å²) >= 11 is 1.23. The topological polar surface area (TPSA) is 101 Å². The monoisotopic (exact) mass is 383 g/mol. The molecule has 0 radical (unpaired) electrons. The molecule has 1 saturated heterocycles. The molecule has 1 fully saturated rings. The van der Waals surface area contributed by atoms with Crippen molar-refractivity contribution in [1.29, 1.82) is 0 Å². The lowest BCUT2D eigenvalue weighted by Gasteiger charge is -2.43. The van der Waals surface area contributed by atoms with Gasteiger partial charge in [-0.05, 0) is 19.1 Å². The van der Waals surface area contributed by atoms with E-state index < -0.39 is 47.8 Å². The third-order valence-corrected chi connectivity index (χ3v) is 4.60. The first-order valence-corrected chi connectivity index (χ1v) is 8.90. The summed E-state index contributed by atoms with van der Waals surface area (Å²) in [4.78, 5) is 38.8. The van der Waals surface area contributed by atoms with Crippen LogP contribution in [0, 0.1) is 0 Å². The first-order chi connectivity index (χ1) is 12.3. The van der Waals surface area contributed by atoms with Crippen molar-refractivity contribution in [2.75, 3.05) is 0 Å². The zero-order valence-electron chi connectivity index (χ0n) is 14.9. The number of ether oxygens (including phenoxy) is 4. The Labute approximate surface area is 155 Å². The summed E-state index contributed by atoms with van der Waals surface area (Å²) in [5.74, 6) is -1.71. The van der Waals surface area contributed by atoms with Gasteiger partial charge in [0, 0.05) is 27.0 Å². The van der Waals surface area contributed by atoms with Crippen molar-refractivity contribution >= 4 is 29.7 Å². The molecule has 2 heterocycles. The molecule has 0 bridgehead atoms. The second kappa shape index (κ2) is 9.00. The largest absolute Gasteiger partial charge is 0.456 e. The molecule has 1 aliphatic heterocycles. The third-order valence-electron chi connectivity index (χ3n) is 3.51. The van der Waals surface area contributed by atoms with Crippen LogP contribution in [0.25, 0.3) is 0 Å². The molecule has 0 amide bonds. The van der Waals surface area contributed by atoms with Gasteiger partial charge >= 0.3 is 17.9 Å². The van der Waals surface area contributed by atoms with Crippen molar-refractivity contribution in [3.63, 3.8) is 0 Å². The van der Waals surface area contributed by atoms with Crippen molar-refractivity contribution in [3.05, 3.63) is 24.4 Å². The molecule has 0 saturated carbocycles. The van der Waals surface area contributed by atoms with Gasteiger partial charge in [-0.15, -0.1) is 0 Å². The van der Waals surface area contributed by atoms with E-state index in [9.17, 15) is 14.4 Å². The Kier molecular flexibility index (Phi) is 6.98. The Hall–Kier alpha value is -2.13. The lowest BCUT2D eigenvalue weighted by Crippen LogP contribution is -2.59. The molecule has 26 heavy (non-hydrogen) atoms. The average Bonchev–Trinajstić information content (AvgIpc) is 2.54. The van der Waals surface area contributed by atoms with E-state index in [-0.39, 0.29) is 0 Å². The van der Waals surface area contributed by atoms with E-state index in [1.165, 1.54) is 32.5 Å². The maximum Gasteiger partial charge on any atom is 0.303 e. The smallest absolute Gasteiger partial charge is 0.303 e. The molecule has 0 N–H and O–H groups in total. The van der Waals surface area contributed by atoms with Gasteiger partial charge in [0.2, 0.25) is 0 Å². The lowest BCUT2D eigenvalue weighted by molar-refractivity contribution is -0.229. The van der Waals surface area contributed by atoms with Crippen molar-refractivity contribution in [1.82, 2.24) is 4.98 Å². The SMILES string of the molecule is CC(=O)O[C@H]1[C@H](OC(C)=O)[C@H](C)O[C@H](Sc2ccccn2)[C@H]1OC(C)=O. The van der Waals surface area contributed by atoms with Crippen LogP contribution < -0.4 is 0 Å². The number of pyridine rings is 1. The highest BCUT2D eigenvalue weighted by Crippen LogP contribution is 2.36. The maximum atomic E-state index is 11.6. The van der Waals surface area contributed by atoms with Crippen molar-refractivity contribution in [2.45, 2.75) is 62.6 Å². The average molecular weight is 383 g/mol. The van der Waals surface area contributed by atoms with E-state index >= 15 is 0 Å². The summed E-state index contributed by atoms with van der Waals surface area (Å²) in [5.41, 5.74) is -0.694. The fourth-order valence-electron chi connectivity index (χ4n) is 2.60. The van der Waals surface area contributed by atoms with Gasteiger partial charge in [-0.1, -0.05) is 17.8 Å². The van der Waals surface area contributed by atoms with Gasteiger partial charge in [0.05, 0.1) is 11.1 Å². The van der Waals surface area contributed by atoms with Gasteiger partial charge in [0.15, 0.2) is 18.3 Å². The molecule has 5 atom stereocenters. The van der Waals surface area contributed by atoms with E-state index in [0.29, 0.717) is 5.03 Å². The van der Waals surface area contributed by atoms with Crippen LogP contribution in [0.1, 0.15) is 27.7 Å². The van der Waals surface area contributed by atoms with Gasteiger partial charge in [-0.2, -0.15) is 0 Å². The molecule has 8 nitrogen and oxygen atoms in total. The number of hydrogen-bond donors (Lipinski definition) is 0. The second-order valence-corrected chi connectivity index (χ2v) is 6.84. The van der Waals surface area contributed by atoms with Crippen molar-refractivity contribution in [2.24, 2.45) is 0 Å². The van der Waals surface area contributed by atoms with Gasteiger partial charge in [0.25, 0.3) is 0 Å². The van der Waals surface area contributed by atoms with Crippen LogP contribution in [0.2, 0.25) is 0 Å². The van der Waals surface area contributed by atoms with Crippen LogP contribution in [0.15, 0.2) is 29.4 Å².